The van der Waals surface area contributed by atoms with Crippen LogP contribution >= 0.6 is 23.5 Å². The number of nitrogen functional groups attached to an aromatic ring is 1. The van der Waals surface area contributed by atoms with Gasteiger partial charge >= 0.3 is 23.5 Å². The molecule has 0 aromatic carbocycles. The Labute approximate surface area is 185 Å². The fourth-order valence-corrected chi connectivity index (χ4v) is 7.01. The summed E-state index contributed by atoms with van der Waals surface area (Å²) in [6.07, 6.45) is 0.655. The number of rotatable bonds is 8. The summed E-state index contributed by atoms with van der Waals surface area (Å²) in [5.41, 5.74) is 3.81. The average Bonchev–Trinajstić information content (AvgIpc) is 3.09. The summed E-state index contributed by atoms with van der Waals surface area (Å²) < 4.78 is 63.0. The lowest BCUT2D eigenvalue weighted by Crippen LogP contribution is -2.39. The molecule has 3 rings (SSSR count). The van der Waals surface area contributed by atoms with E-state index in [4.69, 9.17) is 15.5 Å². The standard InChI is InChI=1S/C13H21FN5O11P3/c1-6-7(3-28-32(24,25)30-33(26,27)29-31(21,22)23)10(20)13(2,14)9(6)19-5-18-8-11(15)16-4-17-12(8)19/h4-7,9-10,20H,3H2,1-2H3,(H,24,25)(H,26,27)(H2,15,16,17)(H2,21,22,23)/t6-,7-,9+,10+,13-/m0/s1. The number of phosphoric ester groups is 1. The highest BCUT2D eigenvalue weighted by Crippen LogP contribution is 2.66. The normalized spacial score (nSPS) is 32.0. The molecular weight excluding hydrogens is 514 g/mol. The van der Waals surface area contributed by atoms with Gasteiger partial charge in [0.1, 0.15) is 11.8 Å². The van der Waals surface area contributed by atoms with Crippen LogP contribution in [0, 0.1) is 11.8 Å². The molecule has 7 N–H and O–H groups in total. The molecule has 7 atom stereocenters. The average molecular weight is 535 g/mol. The van der Waals surface area contributed by atoms with E-state index in [-0.39, 0.29) is 17.0 Å². The molecule has 0 spiro atoms. The highest BCUT2D eigenvalue weighted by Gasteiger charge is 2.58. The van der Waals surface area contributed by atoms with Crippen molar-refractivity contribution in [2.75, 3.05) is 12.3 Å². The molecule has 0 radical (unpaired) electrons. The maximum atomic E-state index is 15.7. The zero-order chi connectivity index (χ0) is 25.0. The Morgan fingerprint density at radius 2 is 1.79 bits per heavy atom. The second-order valence-electron chi connectivity index (χ2n) is 7.53. The minimum atomic E-state index is -5.71. The van der Waals surface area contributed by atoms with Gasteiger partial charge in [-0.1, -0.05) is 6.92 Å². The molecule has 2 heterocycles. The van der Waals surface area contributed by atoms with Crippen LogP contribution in [0.2, 0.25) is 0 Å². The fraction of sp³-hybridized carbons (Fsp3) is 0.615. The second-order valence-corrected chi connectivity index (χ2v) is 12.0. The van der Waals surface area contributed by atoms with E-state index in [9.17, 15) is 28.6 Å². The number of aromatic nitrogens is 4. The van der Waals surface area contributed by atoms with Crippen LogP contribution in [0.15, 0.2) is 12.7 Å². The first-order chi connectivity index (χ1) is 15.0. The molecule has 2 aromatic rings. The molecule has 1 aliphatic rings. The van der Waals surface area contributed by atoms with Gasteiger partial charge in [0.15, 0.2) is 17.1 Å². The molecular formula is C13H21FN5O11P3. The van der Waals surface area contributed by atoms with Crippen LogP contribution in [0.3, 0.4) is 0 Å². The molecule has 2 unspecified atom stereocenters. The number of imidazole rings is 1. The molecule has 1 fully saturated rings. The van der Waals surface area contributed by atoms with Crippen molar-refractivity contribution in [2.24, 2.45) is 11.8 Å². The highest BCUT2D eigenvalue weighted by atomic mass is 31.3. The number of nitrogens with two attached hydrogens (primary N) is 1. The molecule has 0 aliphatic heterocycles. The van der Waals surface area contributed by atoms with Crippen LogP contribution in [0.1, 0.15) is 19.9 Å². The Morgan fingerprint density at radius 3 is 2.39 bits per heavy atom. The number of hydrogen-bond acceptors (Lipinski definition) is 11. The third-order valence-corrected chi connectivity index (χ3v) is 9.07. The van der Waals surface area contributed by atoms with Crippen molar-refractivity contribution in [2.45, 2.75) is 31.7 Å². The van der Waals surface area contributed by atoms with E-state index in [1.165, 1.54) is 17.8 Å². The number of aliphatic hydroxyl groups excluding tert-OH is 1. The lowest BCUT2D eigenvalue weighted by atomic mass is 9.95. The first-order valence-electron chi connectivity index (χ1n) is 9.03. The van der Waals surface area contributed by atoms with Crippen molar-refractivity contribution in [1.29, 1.82) is 0 Å². The first-order valence-corrected chi connectivity index (χ1v) is 13.6. The van der Waals surface area contributed by atoms with Gasteiger partial charge in [-0.05, 0) is 12.8 Å². The minimum absolute atomic E-state index is 0.0507. The fourth-order valence-electron chi connectivity index (χ4n) is 3.95. The minimum Gasteiger partial charge on any atom is -0.389 e. The van der Waals surface area contributed by atoms with Crippen LogP contribution in [0.4, 0.5) is 10.2 Å². The van der Waals surface area contributed by atoms with Crippen molar-refractivity contribution in [3.63, 3.8) is 0 Å². The number of anilines is 1. The zero-order valence-electron chi connectivity index (χ0n) is 16.9. The Morgan fingerprint density at radius 1 is 1.15 bits per heavy atom. The summed E-state index contributed by atoms with van der Waals surface area (Å²) in [5, 5.41) is 10.6. The number of hydrogen-bond donors (Lipinski definition) is 6. The van der Waals surface area contributed by atoms with Crippen molar-refractivity contribution in [1.82, 2.24) is 19.5 Å². The van der Waals surface area contributed by atoms with E-state index < -0.39 is 59.7 Å². The quantitative estimate of drug-likeness (QED) is 0.254. The molecule has 1 saturated carbocycles. The summed E-state index contributed by atoms with van der Waals surface area (Å²) in [5.74, 6) is -1.88. The SMILES string of the molecule is C[C@H]1[C@H](COP(=O)(O)OP(=O)(O)OP(=O)(O)O)[C@@H](O)[C@@](C)(F)[C@@H]1n1cnc2c(N)ncnc21. The van der Waals surface area contributed by atoms with E-state index >= 15 is 4.39 Å². The zero-order valence-corrected chi connectivity index (χ0v) is 19.6. The van der Waals surface area contributed by atoms with E-state index in [0.29, 0.717) is 0 Å². The van der Waals surface area contributed by atoms with Gasteiger partial charge in [-0.15, -0.1) is 0 Å². The number of alkyl halides is 1. The number of phosphoric acid groups is 3. The summed E-state index contributed by atoms with van der Waals surface area (Å²) in [7, 11) is -16.7. The van der Waals surface area contributed by atoms with E-state index in [2.05, 4.69) is 28.1 Å². The highest BCUT2D eigenvalue weighted by molar-refractivity contribution is 7.66. The van der Waals surface area contributed by atoms with Gasteiger partial charge in [0.2, 0.25) is 0 Å². The van der Waals surface area contributed by atoms with Crippen LogP contribution in [-0.4, -0.2) is 62.6 Å². The molecule has 2 aromatic heterocycles. The molecule has 33 heavy (non-hydrogen) atoms. The first kappa shape index (κ1) is 26.3. The third-order valence-electron chi connectivity index (χ3n) is 5.27. The topological polar surface area (TPSA) is 250 Å². The monoisotopic (exact) mass is 535 g/mol. The second kappa shape index (κ2) is 8.70. The van der Waals surface area contributed by atoms with Gasteiger partial charge in [-0.3, -0.25) is 4.52 Å². The summed E-state index contributed by atoms with van der Waals surface area (Å²) >= 11 is 0. The smallest absolute Gasteiger partial charge is 0.389 e. The number of halogens is 1. The summed E-state index contributed by atoms with van der Waals surface area (Å²) in [6.45, 7) is 1.77. The van der Waals surface area contributed by atoms with E-state index in [1.54, 1.807) is 0 Å². The van der Waals surface area contributed by atoms with E-state index in [1.807, 2.05) is 0 Å². The van der Waals surface area contributed by atoms with Crippen molar-refractivity contribution in [3.8, 4) is 0 Å². The van der Waals surface area contributed by atoms with Crippen LogP contribution < -0.4 is 5.73 Å². The third kappa shape index (κ3) is 5.50. The summed E-state index contributed by atoms with van der Waals surface area (Å²) in [4.78, 5) is 47.9. The van der Waals surface area contributed by atoms with Gasteiger partial charge < -0.3 is 35.0 Å². The predicted octanol–water partition coefficient (Wildman–Crippen LogP) is 0.648. The van der Waals surface area contributed by atoms with Crippen LogP contribution in [-0.2, 0) is 26.8 Å². The maximum absolute atomic E-state index is 15.7. The van der Waals surface area contributed by atoms with Gasteiger partial charge in [-0.2, -0.15) is 8.62 Å². The Kier molecular flexibility index (Phi) is 6.92. The molecule has 16 nitrogen and oxygen atoms in total. The summed E-state index contributed by atoms with van der Waals surface area (Å²) in [6, 6.07) is -1.10. The van der Waals surface area contributed by atoms with Crippen molar-refractivity contribution in [3.05, 3.63) is 12.7 Å². The molecule has 20 heteroatoms. The molecule has 0 bridgehead atoms. The number of nitrogens with zero attached hydrogens (tertiary/aromatic N) is 4. The molecule has 0 amide bonds. The van der Waals surface area contributed by atoms with Gasteiger partial charge in [0, 0.05) is 5.92 Å². The molecule has 186 valence electrons. The Balaban J connectivity index is 1.81. The van der Waals surface area contributed by atoms with Gasteiger partial charge in [0.25, 0.3) is 0 Å². The lowest BCUT2D eigenvalue weighted by Gasteiger charge is -2.28. The van der Waals surface area contributed by atoms with Gasteiger partial charge in [-0.25, -0.2) is 33.0 Å². The van der Waals surface area contributed by atoms with E-state index in [0.717, 1.165) is 13.3 Å². The van der Waals surface area contributed by atoms with Crippen molar-refractivity contribution < 1.29 is 55.9 Å². The largest absolute Gasteiger partial charge is 0.490 e. The van der Waals surface area contributed by atoms with Crippen LogP contribution in [0.5, 0.6) is 0 Å². The number of aliphatic hydroxyl groups is 1. The Hall–Kier alpha value is -1.35. The Bertz CT molecular complexity index is 1190. The van der Waals surface area contributed by atoms with Crippen molar-refractivity contribution >= 4 is 40.4 Å². The van der Waals surface area contributed by atoms with Gasteiger partial charge in [0.05, 0.1) is 25.1 Å². The number of fused-ring (bicyclic) bond motifs is 1. The molecule has 1 aliphatic carbocycles. The van der Waals surface area contributed by atoms with Crippen LogP contribution in [0.25, 0.3) is 11.2 Å². The lowest BCUT2D eigenvalue weighted by molar-refractivity contribution is -0.0198. The molecule has 0 saturated heterocycles. The predicted molar refractivity (Wildman–Crippen MR) is 107 cm³/mol. The maximum Gasteiger partial charge on any atom is 0.490 e.